The van der Waals surface area contributed by atoms with Crippen molar-refractivity contribution in [1.29, 1.82) is 0 Å². The Balaban J connectivity index is 2.53. The molecule has 0 N–H and O–H groups in total. The van der Waals surface area contributed by atoms with Crippen molar-refractivity contribution >= 4 is 40.0 Å². The Hall–Kier alpha value is -1.35. The van der Waals surface area contributed by atoms with E-state index in [-0.39, 0.29) is 11.4 Å². The summed E-state index contributed by atoms with van der Waals surface area (Å²) < 4.78 is 20.7. The summed E-state index contributed by atoms with van der Waals surface area (Å²) >= 11 is 3.35. The molecule has 0 heterocycles. The van der Waals surface area contributed by atoms with Crippen LogP contribution < -0.4 is 4.74 Å². The van der Waals surface area contributed by atoms with Crippen molar-refractivity contribution in [1.82, 2.24) is 0 Å². The molecule has 7 heteroatoms. The molecule has 0 amide bonds. The van der Waals surface area contributed by atoms with Gasteiger partial charge in [0.1, 0.15) is 5.75 Å². The van der Waals surface area contributed by atoms with Crippen molar-refractivity contribution in [3.63, 3.8) is 0 Å². The molecule has 4 nitrogen and oxygen atoms in total. The van der Waals surface area contributed by atoms with Crippen LogP contribution in [0.4, 0.5) is 10.1 Å². The first-order chi connectivity index (χ1) is 9.93. The molecule has 0 bridgehead atoms. The molecule has 0 unspecified atom stereocenters. The summed E-state index contributed by atoms with van der Waals surface area (Å²) in [6, 6.07) is 8.06. The molecule has 0 spiro atoms. The van der Waals surface area contributed by atoms with Gasteiger partial charge in [-0.2, -0.15) is 0 Å². The number of hydrogen-bond donors (Lipinski definition) is 0. The fourth-order valence-electron chi connectivity index (χ4n) is 1.87. The molecule has 0 radical (unpaired) electrons. The van der Waals surface area contributed by atoms with E-state index in [4.69, 9.17) is 4.74 Å². The predicted molar refractivity (Wildman–Crippen MR) is 88.8 cm³/mol. The van der Waals surface area contributed by atoms with Crippen LogP contribution in [0.2, 0.25) is 0 Å². The summed E-state index contributed by atoms with van der Waals surface area (Å²) in [7, 11) is 0. The van der Waals surface area contributed by atoms with E-state index in [2.05, 4.69) is 22.6 Å². The van der Waals surface area contributed by atoms with Crippen LogP contribution in [0.3, 0.4) is 0 Å². The van der Waals surface area contributed by atoms with Gasteiger partial charge in [0.05, 0.1) is 15.9 Å². The van der Waals surface area contributed by atoms with Gasteiger partial charge in [0.15, 0.2) is 11.6 Å². The Morgan fingerprint density at radius 3 is 2.67 bits per heavy atom. The molecule has 0 aliphatic rings. The fraction of sp³-hybridized carbons (Fsp3) is 0.143. The number of nitro benzene ring substituents is 1. The summed E-state index contributed by atoms with van der Waals surface area (Å²) in [4.78, 5) is 10.8. The number of hydrogen-bond acceptors (Lipinski definition) is 4. The maximum absolute atomic E-state index is 14.2. The third kappa shape index (κ3) is 3.46. The Labute approximate surface area is 139 Å². The van der Waals surface area contributed by atoms with Gasteiger partial charge < -0.3 is 4.74 Å². The van der Waals surface area contributed by atoms with Gasteiger partial charge in [-0.25, -0.2) is 4.39 Å². The summed E-state index contributed by atoms with van der Waals surface area (Å²) in [5.74, 6) is -0.229. The van der Waals surface area contributed by atoms with E-state index >= 15 is 0 Å². The fourth-order valence-corrected chi connectivity index (χ4v) is 3.12. The Morgan fingerprint density at radius 1 is 1.38 bits per heavy atom. The highest BCUT2D eigenvalue weighted by molar-refractivity contribution is 14.1. The molecular weight excluding hydrogens is 408 g/mol. The third-order valence-corrected chi connectivity index (χ3v) is 4.40. The number of ether oxygens (including phenoxy) is 1. The van der Waals surface area contributed by atoms with E-state index in [1.807, 2.05) is 6.07 Å². The van der Waals surface area contributed by atoms with Crippen LogP contribution in [0, 0.1) is 26.4 Å². The zero-order valence-corrected chi connectivity index (χ0v) is 14.2. The second-order valence-electron chi connectivity index (χ2n) is 4.18. The molecule has 110 valence electrons. The molecular formula is C14H11FINO3S. The van der Waals surface area contributed by atoms with Gasteiger partial charge in [-0.1, -0.05) is 6.07 Å². The molecule has 0 atom stereocenters. The minimum absolute atomic E-state index is 0.0209. The molecule has 0 saturated carbocycles. The molecule has 0 fully saturated rings. The third-order valence-electron chi connectivity index (χ3n) is 2.83. The van der Waals surface area contributed by atoms with Gasteiger partial charge in [0.25, 0.3) is 5.69 Å². The molecule has 0 aliphatic heterocycles. The minimum atomic E-state index is -0.740. The van der Waals surface area contributed by atoms with Crippen LogP contribution in [0.1, 0.15) is 5.56 Å². The molecule has 2 rings (SSSR count). The van der Waals surface area contributed by atoms with Crippen molar-refractivity contribution < 1.29 is 14.1 Å². The molecule has 21 heavy (non-hydrogen) atoms. The monoisotopic (exact) mass is 419 g/mol. The Kier molecular flexibility index (Phi) is 5.04. The van der Waals surface area contributed by atoms with Gasteiger partial charge in [-0.05, 0) is 54.0 Å². The van der Waals surface area contributed by atoms with Crippen molar-refractivity contribution in [2.45, 2.75) is 11.8 Å². The lowest BCUT2D eigenvalue weighted by Gasteiger charge is -2.13. The summed E-state index contributed by atoms with van der Waals surface area (Å²) in [6.07, 6.45) is 1.73. The van der Waals surface area contributed by atoms with Crippen molar-refractivity contribution in [2.75, 3.05) is 6.26 Å². The van der Waals surface area contributed by atoms with Crippen LogP contribution in [-0.2, 0) is 0 Å². The normalized spacial score (nSPS) is 10.5. The lowest BCUT2D eigenvalue weighted by Crippen LogP contribution is -1.99. The van der Waals surface area contributed by atoms with E-state index < -0.39 is 10.7 Å². The number of nitrogens with zero attached hydrogens (tertiary/aromatic N) is 1. The van der Waals surface area contributed by atoms with Crippen LogP contribution >= 0.6 is 34.4 Å². The zero-order chi connectivity index (χ0) is 15.6. The maximum Gasteiger partial charge on any atom is 0.276 e. The van der Waals surface area contributed by atoms with Crippen molar-refractivity contribution in [3.05, 3.63) is 55.4 Å². The smallest absolute Gasteiger partial charge is 0.276 e. The van der Waals surface area contributed by atoms with Crippen LogP contribution in [0.25, 0.3) is 0 Å². The maximum atomic E-state index is 14.2. The second-order valence-corrected chi connectivity index (χ2v) is 6.24. The van der Waals surface area contributed by atoms with E-state index in [0.29, 0.717) is 16.2 Å². The van der Waals surface area contributed by atoms with Gasteiger partial charge in [-0.15, -0.1) is 11.8 Å². The quantitative estimate of drug-likeness (QED) is 0.297. The highest BCUT2D eigenvalue weighted by Crippen LogP contribution is 2.40. The van der Waals surface area contributed by atoms with Crippen molar-refractivity contribution in [3.8, 4) is 11.5 Å². The first-order valence-corrected chi connectivity index (χ1v) is 8.19. The van der Waals surface area contributed by atoms with Crippen LogP contribution in [0.15, 0.2) is 35.2 Å². The standard InChI is InChI=1S/C14H11FINO3S/c1-8-12(17(18)19)7-11(15)13(14(8)21-2)20-10-5-3-4-9(16)6-10/h3-7H,1-2H3. The van der Waals surface area contributed by atoms with Crippen LogP contribution in [0.5, 0.6) is 11.5 Å². The highest BCUT2D eigenvalue weighted by Gasteiger charge is 2.23. The SMILES string of the molecule is CSc1c(C)c([N+](=O)[O-])cc(F)c1Oc1cccc(I)c1. The second kappa shape index (κ2) is 6.61. The lowest BCUT2D eigenvalue weighted by molar-refractivity contribution is -0.385. The molecule has 0 saturated heterocycles. The average molecular weight is 419 g/mol. The number of halogens is 2. The van der Waals surface area contributed by atoms with Crippen molar-refractivity contribution in [2.24, 2.45) is 0 Å². The number of rotatable bonds is 4. The van der Waals surface area contributed by atoms with E-state index in [0.717, 1.165) is 9.64 Å². The predicted octanol–water partition coefficient (Wildman–Crippen LogP) is 5.16. The average Bonchev–Trinajstić information content (AvgIpc) is 2.42. The Bertz CT molecular complexity index is 709. The molecule has 2 aromatic carbocycles. The number of benzene rings is 2. The largest absolute Gasteiger partial charge is 0.453 e. The van der Waals surface area contributed by atoms with E-state index in [9.17, 15) is 14.5 Å². The Morgan fingerprint density at radius 2 is 2.10 bits per heavy atom. The summed E-state index contributed by atoms with van der Waals surface area (Å²) in [6.45, 7) is 1.59. The number of thioether (sulfide) groups is 1. The van der Waals surface area contributed by atoms with E-state index in [1.165, 1.54) is 11.8 Å². The first-order valence-electron chi connectivity index (χ1n) is 5.89. The zero-order valence-electron chi connectivity index (χ0n) is 11.2. The van der Waals surface area contributed by atoms with Crippen LogP contribution in [-0.4, -0.2) is 11.2 Å². The number of nitro groups is 1. The molecule has 0 aromatic heterocycles. The van der Waals surface area contributed by atoms with Gasteiger partial charge in [0.2, 0.25) is 0 Å². The minimum Gasteiger partial charge on any atom is -0.453 e. The van der Waals surface area contributed by atoms with E-state index in [1.54, 1.807) is 31.4 Å². The van der Waals surface area contributed by atoms with Gasteiger partial charge in [-0.3, -0.25) is 10.1 Å². The molecule has 0 aliphatic carbocycles. The first kappa shape index (κ1) is 16.0. The summed E-state index contributed by atoms with van der Waals surface area (Å²) in [5.41, 5.74) is 0.154. The van der Waals surface area contributed by atoms with Gasteiger partial charge in [0, 0.05) is 9.13 Å². The highest BCUT2D eigenvalue weighted by atomic mass is 127. The lowest BCUT2D eigenvalue weighted by atomic mass is 10.2. The molecule has 2 aromatic rings. The van der Waals surface area contributed by atoms with Gasteiger partial charge >= 0.3 is 0 Å². The summed E-state index contributed by atoms with van der Waals surface area (Å²) in [5, 5.41) is 10.9. The topological polar surface area (TPSA) is 52.4 Å².